The van der Waals surface area contributed by atoms with Gasteiger partial charge >= 0.3 is 0 Å². The van der Waals surface area contributed by atoms with Crippen molar-refractivity contribution in [1.82, 2.24) is 0 Å². The molecule has 1 N–H and O–H groups in total. The molecule has 0 saturated heterocycles. The smallest absolute Gasteiger partial charge is 0.0775 e. The van der Waals surface area contributed by atoms with Crippen LogP contribution in [-0.2, 0) is 0 Å². The molecule has 3 heteroatoms. The van der Waals surface area contributed by atoms with E-state index in [-0.39, 0.29) is 0 Å². The summed E-state index contributed by atoms with van der Waals surface area (Å²) in [6.45, 7) is 7.19. The zero-order chi connectivity index (χ0) is 30.1. The average Bonchev–Trinajstić information content (AvgIpc) is 3.06. The Labute approximate surface area is 261 Å². The Balaban J connectivity index is 1.21. The van der Waals surface area contributed by atoms with Crippen molar-refractivity contribution in [1.29, 1.82) is 0 Å². The maximum absolute atomic E-state index is 3.61. The lowest BCUT2D eigenvalue weighted by atomic mass is 10.0. The summed E-state index contributed by atoms with van der Waals surface area (Å²) in [5.41, 5.74) is 8.06. The van der Waals surface area contributed by atoms with Crippen molar-refractivity contribution >= 4 is 63.2 Å². The van der Waals surface area contributed by atoms with E-state index in [0.717, 1.165) is 17.1 Å². The largest absolute Gasteiger partial charge is 0.355 e. The first kappa shape index (κ1) is 27.7. The summed E-state index contributed by atoms with van der Waals surface area (Å²) >= 11 is 0. The van der Waals surface area contributed by atoms with Crippen LogP contribution in [0, 0.1) is 0 Å². The summed E-state index contributed by atoms with van der Waals surface area (Å²) in [7, 11) is -1.40. The van der Waals surface area contributed by atoms with Crippen molar-refractivity contribution in [3.8, 4) is 11.1 Å². The highest BCUT2D eigenvalue weighted by Crippen LogP contribution is 2.39. The van der Waals surface area contributed by atoms with Crippen molar-refractivity contribution in [3.63, 3.8) is 0 Å². The van der Waals surface area contributed by atoms with Gasteiger partial charge in [-0.1, -0.05) is 134 Å². The van der Waals surface area contributed by atoms with Gasteiger partial charge in [0.1, 0.15) is 0 Å². The van der Waals surface area contributed by atoms with E-state index in [0.29, 0.717) is 0 Å². The molecule has 0 bridgehead atoms. The Bertz CT molecular complexity index is 2040. The van der Waals surface area contributed by atoms with Crippen LogP contribution in [0.25, 0.3) is 32.7 Å². The van der Waals surface area contributed by atoms with E-state index in [1.807, 2.05) is 0 Å². The second-order valence-electron chi connectivity index (χ2n) is 12.4. The van der Waals surface area contributed by atoms with Crippen LogP contribution in [-0.4, -0.2) is 8.07 Å². The summed E-state index contributed by atoms with van der Waals surface area (Å²) in [6, 6.07) is 56.9. The normalized spacial score (nSPS) is 11.5. The number of anilines is 5. The SMILES string of the molecule is C[Si](C)(C)c1ccc(N(c2ccc(-c3ccc(Nc4cccc5ccccc45)cc3)cc2)c2cccc3ccccc23)cc1. The van der Waals surface area contributed by atoms with E-state index in [9.17, 15) is 0 Å². The van der Waals surface area contributed by atoms with Crippen LogP contribution < -0.4 is 15.4 Å². The molecule has 7 aromatic rings. The Morgan fingerprint density at radius 1 is 0.455 bits per heavy atom. The third-order valence-electron chi connectivity index (χ3n) is 8.41. The van der Waals surface area contributed by atoms with E-state index in [2.05, 4.69) is 188 Å². The predicted molar refractivity (Wildman–Crippen MR) is 194 cm³/mol. The lowest BCUT2D eigenvalue weighted by molar-refractivity contribution is 1.30. The fourth-order valence-electron chi connectivity index (χ4n) is 5.98. The zero-order valence-electron chi connectivity index (χ0n) is 25.5. The molecule has 0 aliphatic carbocycles. The number of nitrogens with zero attached hydrogens (tertiary/aromatic N) is 1. The van der Waals surface area contributed by atoms with Crippen LogP contribution in [0.5, 0.6) is 0 Å². The van der Waals surface area contributed by atoms with Gasteiger partial charge in [0.2, 0.25) is 0 Å². The molecule has 0 aromatic heterocycles. The maximum atomic E-state index is 3.61. The Morgan fingerprint density at radius 3 is 1.59 bits per heavy atom. The molecule has 2 nitrogen and oxygen atoms in total. The Morgan fingerprint density at radius 2 is 0.955 bits per heavy atom. The molecule has 7 aromatic carbocycles. The van der Waals surface area contributed by atoms with Gasteiger partial charge < -0.3 is 10.2 Å². The first-order chi connectivity index (χ1) is 21.4. The first-order valence-corrected chi connectivity index (χ1v) is 18.8. The molecule has 0 spiro atoms. The lowest BCUT2D eigenvalue weighted by Crippen LogP contribution is -2.37. The molecular weight excluding hydrogens is 549 g/mol. The molecule has 44 heavy (non-hydrogen) atoms. The summed E-state index contributed by atoms with van der Waals surface area (Å²) in [5.74, 6) is 0. The van der Waals surface area contributed by atoms with E-state index < -0.39 is 8.07 Å². The van der Waals surface area contributed by atoms with Crippen LogP contribution in [0.2, 0.25) is 19.6 Å². The Kier molecular flexibility index (Phi) is 7.25. The third-order valence-corrected chi connectivity index (χ3v) is 10.5. The quantitative estimate of drug-likeness (QED) is 0.187. The number of nitrogens with one attached hydrogen (secondary N) is 1. The average molecular weight is 585 g/mol. The molecule has 0 radical (unpaired) electrons. The number of hydrogen-bond donors (Lipinski definition) is 1. The van der Waals surface area contributed by atoms with Gasteiger partial charge in [-0.15, -0.1) is 0 Å². The minimum atomic E-state index is -1.40. The summed E-state index contributed by atoms with van der Waals surface area (Å²) in [6.07, 6.45) is 0. The molecule has 0 atom stereocenters. The van der Waals surface area contributed by atoms with Crippen molar-refractivity contribution in [2.45, 2.75) is 19.6 Å². The highest BCUT2D eigenvalue weighted by molar-refractivity contribution is 6.88. The highest BCUT2D eigenvalue weighted by atomic mass is 28.3. The summed E-state index contributed by atoms with van der Waals surface area (Å²) in [5, 5.41) is 10.0. The monoisotopic (exact) mass is 584 g/mol. The molecule has 0 saturated carbocycles. The number of hydrogen-bond acceptors (Lipinski definition) is 2. The molecule has 0 amide bonds. The van der Waals surface area contributed by atoms with Gasteiger partial charge in [0.25, 0.3) is 0 Å². The van der Waals surface area contributed by atoms with Crippen molar-refractivity contribution in [3.05, 3.63) is 158 Å². The third kappa shape index (κ3) is 5.50. The van der Waals surface area contributed by atoms with Crippen molar-refractivity contribution in [2.24, 2.45) is 0 Å². The first-order valence-electron chi connectivity index (χ1n) is 15.3. The van der Waals surface area contributed by atoms with Crippen LogP contribution in [0.15, 0.2) is 158 Å². The number of fused-ring (bicyclic) bond motifs is 2. The molecule has 7 rings (SSSR count). The van der Waals surface area contributed by atoms with Crippen LogP contribution in [0.4, 0.5) is 28.4 Å². The number of benzene rings is 7. The minimum Gasteiger partial charge on any atom is -0.355 e. The zero-order valence-corrected chi connectivity index (χ0v) is 26.5. The van der Waals surface area contributed by atoms with Crippen LogP contribution >= 0.6 is 0 Å². The van der Waals surface area contributed by atoms with Crippen LogP contribution in [0.3, 0.4) is 0 Å². The van der Waals surface area contributed by atoms with Crippen LogP contribution in [0.1, 0.15) is 0 Å². The van der Waals surface area contributed by atoms with E-state index in [1.54, 1.807) is 0 Å². The van der Waals surface area contributed by atoms with Gasteiger partial charge in [-0.25, -0.2) is 0 Å². The molecule has 0 fully saturated rings. The molecule has 0 heterocycles. The molecular formula is C41H36N2Si. The fourth-order valence-corrected chi connectivity index (χ4v) is 7.15. The highest BCUT2D eigenvalue weighted by Gasteiger charge is 2.19. The lowest BCUT2D eigenvalue weighted by Gasteiger charge is -2.28. The Hall–Kier alpha value is -5.12. The topological polar surface area (TPSA) is 15.3 Å². The van der Waals surface area contributed by atoms with Gasteiger partial charge in [-0.05, 0) is 70.4 Å². The summed E-state index contributed by atoms with van der Waals surface area (Å²) in [4.78, 5) is 2.39. The molecule has 0 aliphatic heterocycles. The molecule has 214 valence electrons. The molecule has 0 aliphatic rings. The van der Waals surface area contributed by atoms with Gasteiger partial charge in [0.15, 0.2) is 0 Å². The van der Waals surface area contributed by atoms with E-state index in [4.69, 9.17) is 0 Å². The number of rotatable bonds is 7. The van der Waals surface area contributed by atoms with E-state index in [1.165, 1.54) is 49.2 Å². The maximum Gasteiger partial charge on any atom is 0.0775 e. The fraction of sp³-hybridized carbons (Fsp3) is 0.0732. The van der Waals surface area contributed by atoms with Gasteiger partial charge in [-0.3, -0.25) is 0 Å². The summed E-state index contributed by atoms with van der Waals surface area (Å²) < 4.78 is 0. The van der Waals surface area contributed by atoms with Crippen molar-refractivity contribution in [2.75, 3.05) is 10.2 Å². The van der Waals surface area contributed by atoms with Gasteiger partial charge in [0.05, 0.1) is 13.8 Å². The minimum absolute atomic E-state index is 1.07. The van der Waals surface area contributed by atoms with Gasteiger partial charge in [-0.2, -0.15) is 0 Å². The van der Waals surface area contributed by atoms with E-state index >= 15 is 0 Å². The second-order valence-corrected chi connectivity index (χ2v) is 17.5. The van der Waals surface area contributed by atoms with Gasteiger partial charge in [0, 0.05) is 33.5 Å². The molecule has 0 unspecified atom stereocenters. The predicted octanol–water partition coefficient (Wildman–Crippen LogP) is 11.4. The second kappa shape index (κ2) is 11.5. The van der Waals surface area contributed by atoms with Crippen molar-refractivity contribution < 1.29 is 0 Å². The standard InChI is InChI=1S/C41H36N2Si/c1-44(2,3)37-28-26-36(27-29-37)43(41-17-9-13-33-11-5-7-15-39(33)41)35-24-20-31(21-25-35)30-18-22-34(23-19-30)42-40-16-8-12-32-10-4-6-14-38(32)40/h4-29,42H,1-3H3.